The van der Waals surface area contributed by atoms with Gasteiger partial charge in [0.1, 0.15) is 12.4 Å². The van der Waals surface area contributed by atoms with Gasteiger partial charge in [0.05, 0.1) is 6.07 Å². The molecule has 14 heavy (non-hydrogen) atoms. The van der Waals surface area contributed by atoms with Gasteiger partial charge < -0.3 is 9.30 Å². The molecule has 0 atom stereocenters. The highest BCUT2D eigenvalue weighted by atomic mass is 16.5. The first-order chi connectivity index (χ1) is 6.75. The van der Waals surface area contributed by atoms with Crippen molar-refractivity contribution in [2.45, 2.75) is 31.8 Å². The first-order valence-electron chi connectivity index (χ1n) is 4.95. The minimum atomic E-state index is -0.0759. The SMILES string of the molecule is Cn1cnc(OC2CCCC2)cc1=O. The zero-order valence-corrected chi connectivity index (χ0v) is 8.27. The second-order valence-corrected chi connectivity index (χ2v) is 3.70. The Morgan fingerprint density at radius 1 is 1.50 bits per heavy atom. The fourth-order valence-electron chi connectivity index (χ4n) is 1.69. The summed E-state index contributed by atoms with van der Waals surface area (Å²) in [5.41, 5.74) is -0.0759. The minimum absolute atomic E-state index is 0.0759. The van der Waals surface area contributed by atoms with Crippen LogP contribution in [0.25, 0.3) is 0 Å². The van der Waals surface area contributed by atoms with Crippen molar-refractivity contribution in [1.29, 1.82) is 0 Å². The summed E-state index contributed by atoms with van der Waals surface area (Å²) in [5, 5.41) is 0. The van der Waals surface area contributed by atoms with Crippen molar-refractivity contribution >= 4 is 0 Å². The number of ether oxygens (including phenoxy) is 1. The Balaban J connectivity index is 2.09. The maximum absolute atomic E-state index is 11.3. The highest BCUT2D eigenvalue weighted by Crippen LogP contribution is 2.21. The topological polar surface area (TPSA) is 44.1 Å². The Hall–Kier alpha value is -1.32. The summed E-state index contributed by atoms with van der Waals surface area (Å²) in [6, 6.07) is 1.44. The van der Waals surface area contributed by atoms with Gasteiger partial charge in [0.15, 0.2) is 0 Å². The van der Waals surface area contributed by atoms with Crippen molar-refractivity contribution < 1.29 is 4.74 Å². The molecule has 0 spiro atoms. The quantitative estimate of drug-likeness (QED) is 0.708. The molecular formula is C10H14N2O2. The molecule has 1 saturated carbocycles. The minimum Gasteiger partial charge on any atom is -0.474 e. The molecule has 0 saturated heterocycles. The largest absolute Gasteiger partial charge is 0.474 e. The summed E-state index contributed by atoms with van der Waals surface area (Å²) < 4.78 is 7.02. The molecule has 1 aromatic heterocycles. The number of rotatable bonds is 2. The van der Waals surface area contributed by atoms with E-state index in [0.29, 0.717) is 5.88 Å². The summed E-state index contributed by atoms with van der Waals surface area (Å²) in [7, 11) is 1.68. The Morgan fingerprint density at radius 3 is 2.86 bits per heavy atom. The molecule has 0 aromatic carbocycles. The molecule has 1 fully saturated rings. The van der Waals surface area contributed by atoms with Crippen molar-refractivity contribution in [3.8, 4) is 5.88 Å². The molecule has 0 amide bonds. The summed E-state index contributed by atoms with van der Waals surface area (Å²) in [6.07, 6.45) is 6.35. The average Bonchev–Trinajstić information content (AvgIpc) is 2.64. The summed E-state index contributed by atoms with van der Waals surface area (Å²) >= 11 is 0. The third kappa shape index (κ3) is 1.95. The number of hydrogen-bond donors (Lipinski definition) is 0. The van der Waals surface area contributed by atoms with E-state index >= 15 is 0 Å². The van der Waals surface area contributed by atoms with Crippen molar-refractivity contribution in [3.63, 3.8) is 0 Å². The molecule has 76 valence electrons. The van der Waals surface area contributed by atoms with E-state index < -0.39 is 0 Å². The Kier molecular flexibility index (Phi) is 2.52. The Bertz CT molecular complexity index is 367. The van der Waals surface area contributed by atoms with Gasteiger partial charge in [-0.3, -0.25) is 4.79 Å². The van der Waals surface area contributed by atoms with Gasteiger partial charge in [-0.05, 0) is 25.7 Å². The van der Waals surface area contributed by atoms with Crippen LogP contribution in [0.15, 0.2) is 17.2 Å². The van der Waals surface area contributed by atoms with Crippen molar-refractivity contribution in [1.82, 2.24) is 9.55 Å². The lowest BCUT2D eigenvalue weighted by atomic mass is 10.3. The summed E-state index contributed by atoms with van der Waals surface area (Å²) in [4.78, 5) is 15.3. The average molecular weight is 194 g/mol. The second-order valence-electron chi connectivity index (χ2n) is 3.70. The van der Waals surface area contributed by atoms with Gasteiger partial charge in [0, 0.05) is 7.05 Å². The number of aryl methyl sites for hydroxylation is 1. The van der Waals surface area contributed by atoms with Gasteiger partial charge in [-0.2, -0.15) is 0 Å². The molecule has 0 radical (unpaired) electrons. The van der Waals surface area contributed by atoms with E-state index in [1.165, 1.54) is 29.8 Å². The van der Waals surface area contributed by atoms with E-state index in [2.05, 4.69) is 4.98 Å². The molecule has 1 heterocycles. The van der Waals surface area contributed by atoms with Crippen LogP contribution in [0.2, 0.25) is 0 Å². The van der Waals surface area contributed by atoms with E-state index in [1.54, 1.807) is 7.05 Å². The molecule has 1 aromatic rings. The Morgan fingerprint density at radius 2 is 2.21 bits per heavy atom. The van der Waals surface area contributed by atoms with Gasteiger partial charge in [-0.1, -0.05) is 0 Å². The maximum Gasteiger partial charge on any atom is 0.256 e. The van der Waals surface area contributed by atoms with Gasteiger partial charge in [0.2, 0.25) is 5.88 Å². The van der Waals surface area contributed by atoms with Crippen molar-refractivity contribution in [3.05, 3.63) is 22.7 Å². The highest BCUT2D eigenvalue weighted by Gasteiger charge is 2.16. The molecular weight excluding hydrogens is 180 g/mol. The van der Waals surface area contributed by atoms with Gasteiger partial charge in [-0.15, -0.1) is 0 Å². The van der Waals surface area contributed by atoms with Crippen LogP contribution in [-0.2, 0) is 7.05 Å². The number of aromatic nitrogens is 2. The first-order valence-corrected chi connectivity index (χ1v) is 4.95. The molecule has 4 heteroatoms. The van der Waals surface area contributed by atoms with Crippen LogP contribution >= 0.6 is 0 Å². The van der Waals surface area contributed by atoms with Crippen LogP contribution in [0.1, 0.15) is 25.7 Å². The monoisotopic (exact) mass is 194 g/mol. The standard InChI is InChI=1S/C10H14N2O2/c1-12-7-11-9(6-10(12)13)14-8-4-2-3-5-8/h6-8H,2-5H2,1H3. The zero-order chi connectivity index (χ0) is 9.97. The molecule has 4 nitrogen and oxygen atoms in total. The summed E-state index contributed by atoms with van der Waals surface area (Å²) in [5.74, 6) is 0.458. The van der Waals surface area contributed by atoms with Crippen LogP contribution in [-0.4, -0.2) is 15.7 Å². The van der Waals surface area contributed by atoms with E-state index in [0.717, 1.165) is 12.8 Å². The molecule has 0 unspecified atom stereocenters. The third-order valence-electron chi connectivity index (χ3n) is 2.54. The molecule has 1 aliphatic carbocycles. The van der Waals surface area contributed by atoms with Gasteiger partial charge in [0.25, 0.3) is 5.56 Å². The van der Waals surface area contributed by atoms with Crippen LogP contribution in [0, 0.1) is 0 Å². The van der Waals surface area contributed by atoms with Crippen molar-refractivity contribution in [2.24, 2.45) is 7.05 Å². The predicted molar refractivity (Wildman–Crippen MR) is 52.4 cm³/mol. The lowest BCUT2D eigenvalue weighted by molar-refractivity contribution is 0.200. The smallest absolute Gasteiger partial charge is 0.256 e. The van der Waals surface area contributed by atoms with Crippen molar-refractivity contribution in [2.75, 3.05) is 0 Å². The van der Waals surface area contributed by atoms with E-state index in [4.69, 9.17) is 4.74 Å². The molecule has 1 aliphatic rings. The van der Waals surface area contributed by atoms with Crippen LogP contribution in [0.3, 0.4) is 0 Å². The maximum atomic E-state index is 11.3. The predicted octanol–water partition coefficient (Wildman–Crippen LogP) is 1.10. The first kappa shape index (κ1) is 9.24. The van der Waals surface area contributed by atoms with E-state index in [1.807, 2.05) is 0 Å². The number of hydrogen-bond acceptors (Lipinski definition) is 3. The van der Waals surface area contributed by atoms with Crippen LogP contribution < -0.4 is 10.3 Å². The fraction of sp³-hybridized carbons (Fsp3) is 0.600. The normalized spacial score (nSPS) is 17.2. The zero-order valence-electron chi connectivity index (χ0n) is 8.27. The second kappa shape index (κ2) is 3.82. The third-order valence-corrected chi connectivity index (χ3v) is 2.54. The molecule has 2 rings (SSSR count). The molecule has 0 N–H and O–H groups in total. The Labute approximate surface area is 82.5 Å². The number of nitrogens with zero attached hydrogens (tertiary/aromatic N) is 2. The summed E-state index contributed by atoms with van der Waals surface area (Å²) in [6.45, 7) is 0. The van der Waals surface area contributed by atoms with E-state index in [9.17, 15) is 4.79 Å². The highest BCUT2D eigenvalue weighted by molar-refractivity contribution is 5.06. The fourth-order valence-corrected chi connectivity index (χ4v) is 1.69. The molecule has 0 bridgehead atoms. The van der Waals surface area contributed by atoms with Crippen LogP contribution in [0.5, 0.6) is 5.88 Å². The van der Waals surface area contributed by atoms with Crippen LogP contribution in [0.4, 0.5) is 0 Å². The lowest BCUT2D eigenvalue weighted by Crippen LogP contribution is -2.19. The molecule has 0 aliphatic heterocycles. The van der Waals surface area contributed by atoms with E-state index in [-0.39, 0.29) is 11.7 Å². The van der Waals surface area contributed by atoms with Gasteiger partial charge in [-0.25, -0.2) is 4.98 Å². The lowest BCUT2D eigenvalue weighted by Gasteiger charge is -2.11. The van der Waals surface area contributed by atoms with Gasteiger partial charge >= 0.3 is 0 Å².